The highest BCUT2D eigenvalue weighted by atomic mass is 32.1. The molecule has 0 atom stereocenters. The second-order valence-electron chi connectivity index (χ2n) is 4.16. The zero-order chi connectivity index (χ0) is 13.9. The number of amides is 2. The number of carbonyl (C=O) groups is 1. The summed E-state index contributed by atoms with van der Waals surface area (Å²) < 4.78 is 1.03. The summed E-state index contributed by atoms with van der Waals surface area (Å²) in [6, 6.07) is 7.64. The van der Waals surface area contributed by atoms with Crippen LogP contribution in [0.5, 0.6) is 0 Å². The standard InChI is InChI=1S/C13H13N5OS/c1-2-14-12(19)17-13-16-10-7-8(3-4-11(10)20-13)9-5-6-15-18-9/h3-7H,2H2,1H3,(H,15,18)(H2,14,16,17,19). The van der Waals surface area contributed by atoms with E-state index >= 15 is 0 Å². The highest BCUT2D eigenvalue weighted by molar-refractivity contribution is 7.22. The third-order valence-corrected chi connectivity index (χ3v) is 3.71. The van der Waals surface area contributed by atoms with Crippen LogP contribution in [0.4, 0.5) is 9.93 Å². The molecule has 102 valence electrons. The fraction of sp³-hybridized carbons (Fsp3) is 0.154. The lowest BCUT2D eigenvalue weighted by Crippen LogP contribution is -2.28. The number of rotatable bonds is 3. The molecule has 1 aromatic carbocycles. The van der Waals surface area contributed by atoms with Crippen molar-refractivity contribution in [2.45, 2.75) is 6.92 Å². The highest BCUT2D eigenvalue weighted by Crippen LogP contribution is 2.29. The third kappa shape index (κ3) is 2.48. The number of urea groups is 1. The lowest BCUT2D eigenvalue weighted by atomic mass is 10.1. The molecule has 0 fully saturated rings. The molecular formula is C13H13N5OS. The van der Waals surface area contributed by atoms with Crippen LogP contribution in [0.25, 0.3) is 21.5 Å². The van der Waals surface area contributed by atoms with Crippen molar-refractivity contribution in [2.75, 3.05) is 11.9 Å². The van der Waals surface area contributed by atoms with Crippen molar-refractivity contribution in [1.82, 2.24) is 20.5 Å². The van der Waals surface area contributed by atoms with E-state index in [9.17, 15) is 4.79 Å². The number of aromatic nitrogens is 3. The van der Waals surface area contributed by atoms with Gasteiger partial charge in [0.2, 0.25) is 0 Å². The van der Waals surface area contributed by atoms with Crippen LogP contribution in [0.2, 0.25) is 0 Å². The van der Waals surface area contributed by atoms with E-state index in [0.29, 0.717) is 11.7 Å². The maximum Gasteiger partial charge on any atom is 0.321 e. The van der Waals surface area contributed by atoms with Gasteiger partial charge < -0.3 is 5.32 Å². The topological polar surface area (TPSA) is 82.7 Å². The van der Waals surface area contributed by atoms with Crippen LogP contribution in [0.3, 0.4) is 0 Å². The normalized spacial score (nSPS) is 10.7. The van der Waals surface area contributed by atoms with Crippen LogP contribution in [0, 0.1) is 0 Å². The molecule has 2 heterocycles. The van der Waals surface area contributed by atoms with Crippen LogP contribution >= 0.6 is 11.3 Å². The van der Waals surface area contributed by atoms with Gasteiger partial charge in [-0.3, -0.25) is 10.4 Å². The number of benzene rings is 1. The molecule has 0 bridgehead atoms. The summed E-state index contributed by atoms with van der Waals surface area (Å²) in [4.78, 5) is 15.9. The molecule has 0 saturated heterocycles. The fourth-order valence-electron chi connectivity index (χ4n) is 1.87. The van der Waals surface area contributed by atoms with Gasteiger partial charge in [0.1, 0.15) is 0 Å². The number of aromatic amines is 1. The minimum Gasteiger partial charge on any atom is -0.338 e. The molecule has 3 N–H and O–H groups in total. The van der Waals surface area contributed by atoms with E-state index in [2.05, 4.69) is 25.8 Å². The van der Waals surface area contributed by atoms with E-state index in [1.807, 2.05) is 31.2 Å². The number of H-pyrrole nitrogens is 1. The van der Waals surface area contributed by atoms with Crippen molar-refractivity contribution in [3.63, 3.8) is 0 Å². The zero-order valence-corrected chi connectivity index (χ0v) is 11.6. The number of nitrogens with zero attached hydrogens (tertiary/aromatic N) is 2. The second-order valence-corrected chi connectivity index (χ2v) is 5.19. The summed E-state index contributed by atoms with van der Waals surface area (Å²) in [5.41, 5.74) is 2.82. The molecule has 2 amide bonds. The summed E-state index contributed by atoms with van der Waals surface area (Å²) in [5, 5.41) is 12.8. The predicted molar refractivity (Wildman–Crippen MR) is 79.9 cm³/mol. The van der Waals surface area contributed by atoms with E-state index in [0.717, 1.165) is 21.5 Å². The van der Waals surface area contributed by atoms with Crippen molar-refractivity contribution in [3.8, 4) is 11.3 Å². The molecule has 0 radical (unpaired) electrons. The molecule has 2 aromatic heterocycles. The number of hydrogen-bond acceptors (Lipinski definition) is 4. The minimum absolute atomic E-state index is 0.236. The van der Waals surface area contributed by atoms with Crippen LogP contribution in [-0.4, -0.2) is 27.8 Å². The van der Waals surface area contributed by atoms with Gasteiger partial charge in [-0.05, 0) is 25.1 Å². The van der Waals surface area contributed by atoms with Gasteiger partial charge in [-0.1, -0.05) is 17.4 Å². The molecule has 0 saturated carbocycles. The molecule has 0 aliphatic heterocycles. The molecule has 0 aliphatic carbocycles. The van der Waals surface area contributed by atoms with Gasteiger partial charge in [-0.2, -0.15) is 5.10 Å². The van der Waals surface area contributed by atoms with Crippen LogP contribution < -0.4 is 10.6 Å². The Morgan fingerprint density at radius 2 is 2.30 bits per heavy atom. The summed E-state index contributed by atoms with van der Waals surface area (Å²) in [6.45, 7) is 2.45. The maximum absolute atomic E-state index is 11.5. The van der Waals surface area contributed by atoms with E-state index in [1.165, 1.54) is 11.3 Å². The fourth-order valence-corrected chi connectivity index (χ4v) is 2.71. The predicted octanol–water partition coefficient (Wildman–Crippen LogP) is 2.83. The number of thiazole rings is 1. The number of fused-ring (bicyclic) bond motifs is 1. The number of nitrogens with one attached hydrogen (secondary N) is 3. The Balaban J connectivity index is 1.89. The first-order chi connectivity index (χ1) is 9.76. The average molecular weight is 287 g/mol. The van der Waals surface area contributed by atoms with Gasteiger partial charge in [0.15, 0.2) is 5.13 Å². The van der Waals surface area contributed by atoms with Gasteiger partial charge >= 0.3 is 6.03 Å². The summed E-state index contributed by atoms with van der Waals surface area (Å²) in [7, 11) is 0. The van der Waals surface area contributed by atoms with Crippen LogP contribution in [0.1, 0.15) is 6.92 Å². The minimum atomic E-state index is -0.236. The third-order valence-electron chi connectivity index (χ3n) is 2.76. The van der Waals surface area contributed by atoms with Crippen LogP contribution in [0.15, 0.2) is 30.5 Å². The van der Waals surface area contributed by atoms with Crippen LogP contribution in [-0.2, 0) is 0 Å². The molecule has 3 rings (SSSR count). The van der Waals surface area contributed by atoms with E-state index in [4.69, 9.17) is 0 Å². The summed E-state index contributed by atoms with van der Waals surface area (Å²) >= 11 is 1.45. The molecule has 0 spiro atoms. The van der Waals surface area contributed by atoms with Gasteiger partial charge in [-0.25, -0.2) is 9.78 Å². The summed E-state index contributed by atoms with van der Waals surface area (Å²) in [6.07, 6.45) is 1.71. The molecule has 7 heteroatoms. The lowest BCUT2D eigenvalue weighted by molar-refractivity contribution is 0.252. The Morgan fingerprint density at radius 3 is 3.05 bits per heavy atom. The first-order valence-electron chi connectivity index (χ1n) is 6.21. The number of hydrogen-bond donors (Lipinski definition) is 3. The Kier molecular flexibility index (Phi) is 3.34. The van der Waals surface area contributed by atoms with Crippen molar-refractivity contribution in [3.05, 3.63) is 30.5 Å². The monoisotopic (exact) mass is 287 g/mol. The summed E-state index contributed by atoms with van der Waals surface area (Å²) in [5.74, 6) is 0. The van der Waals surface area contributed by atoms with E-state index in [-0.39, 0.29) is 6.03 Å². The van der Waals surface area contributed by atoms with Crippen molar-refractivity contribution < 1.29 is 4.79 Å². The van der Waals surface area contributed by atoms with Crippen molar-refractivity contribution in [1.29, 1.82) is 0 Å². The molecule has 6 nitrogen and oxygen atoms in total. The van der Waals surface area contributed by atoms with E-state index in [1.54, 1.807) is 6.20 Å². The molecule has 0 unspecified atom stereocenters. The Morgan fingerprint density at radius 1 is 1.40 bits per heavy atom. The number of anilines is 1. The van der Waals surface area contributed by atoms with Gasteiger partial charge in [-0.15, -0.1) is 0 Å². The zero-order valence-electron chi connectivity index (χ0n) is 10.8. The SMILES string of the molecule is CCNC(=O)Nc1nc2cc(-c3ccn[nH]3)ccc2s1. The Labute approximate surface area is 119 Å². The van der Waals surface area contributed by atoms with Gasteiger partial charge in [0.05, 0.1) is 15.9 Å². The first kappa shape index (κ1) is 12.6. The largest absolute Gasteiger partial charge is 0.338 e. The highest BCUT2D eigenvalue weighted by Gasteiger charge is 2.08. The molecular weight excluding hydrogens is 274 g/mol. The van der Waals surface area contributed by atoms with Gasteiger partial charge in [0.25, 0.3) is 0 Å². The van der Waals surface area contributed by atoms with Crippen molar-refractivity contribution in [2.24, 2.45) is 0 Å². The van der Waals surface area contributed by atoms with Crippen molar-refractivity contribution >= 4 is 32.7 Å². The Bertz CT molecular complexity index is 734. The lowest BCUT2D eigenvalue weighted by Gasteiger charge is -2.00. The Hall–Kier alpha value is -2.41. The molecule has 20 heavy (non-hydrogen) atoms. The quantitative estimate of drug-likeness (QED) is 0.692. The first-order valence-corrected chi connectivity index (χ1v) is 7.03. The molecule has 0 aliphatic rings. The van der Waals surface area contributed by atoms with E-state index < -0.39 is 0 Å². The maximum atomic E-state index is 11.5. The van der Waals surface area contributed by atoms with Gasteiger partial charge in [0, 0.05) is 18.3 Å². The smallest absolute Gasteiger partial charge is 0.321 e. The second kappa shape index (κ2) is 5.30. The average Bonchev–Trinajstić information content (AvgIpc) is 3.06. The number of carbonyl (C=O) groups excluding carboxylic acids is 1. The molecule has 3 aromatic rings.